The molecule has 2 N–H and O–H groups in total. The van der Waals surface area contributed by atoms with Crippen molar-refractivity contribution in [1.82, 2.24) is 15.3 Å². The zero-order valence-corrected chi connectivity index (χ0v) is 8.07. The van der Waals surface area contributed by atoms with E-state index in [2.05, 4.69) is 15.3 Å². The fraction of sp³-hybridized carbons (Fsp3) is 0.375. The van der Waals surface area contributed by atoms with Crippen molar-refractivity contribution in [3.63, 3.8) is 0 Å². The summed E-state index contributed by atoms with van der Waals surface area (Å²) in [6, 6.07) is 1.31. The Morgan fingerprint density at radius 3 is 3.14 bits per heavy atom. The first-order chi connectivity index (χ1) is 6.77. The Balaban J connectivity index is 2.06. The summed E-state index contributed by atoms with van der Waals surface area (Å²) in [4.78, 5) is 18.5. The van der Waals surface area contributed by atoms with Crippen LogP contribution in [0.4, 0.5) is 0 Å². The fourth-order valence-corrected chi connectivity index (χ4v) is 2.44. The fourth-order valence-electron chi connectivity index (χ4n) is 1.24. The standard InChI is InChI=1S/C8H9N3O2S/c12-8(13)6-3-14-7(11-6)5-1-2-9-4-10-5/h1-2,4,6-7,11H,3H2,(H,12,13)/t6-,7?/m1/s1. The van der Waals surface area contributed by atoms with Crippen LogP contribution in [-0.2, 0) is 4.79 Å². The average Bonchev–Trinajstić information content (AvgIpc) is 2.68. The number of carbonyl (C=O) groups is 1. The molecule has 0 radical (unpaired) electrons. The van der Waals surface area contributed by atoms with Gasteiger partial charge in [0.2, 0.25) is 0 Å². The van der Waals surface area contributed by atoms with Crippen LogP contribution in [0.5, 0.6) is 0 Å². The number of rotatable bonds is 2. The monoisotopic (exact) mass is 211 g/mol. The van der Waals surface area contributed by atoms with Gasteiger partial charge in [0.25, 0.3) is 0 Å². The van der Waals surface area contributed by atoms with Crippen LogP contribution >= 0.6 is 11.8 Å². The van der Waals surface area contributed by atoms with Crippen LogP contribution in [-0.4, -0.2) is 32.8 Å². The number of nitrogens with zero attached hydrogens (tertiary/aromatic N) is 2. The van der Waals surface area contributed by atoms with E-state index in [-0.39, 0.29) is 5.37 Å². The van der Waals surface area contributed by atoms with Crippen molar-refractivity contribution in [1.29, 1.82) is 0 Å². The number of carboxylic acids is 1. The van der Waals surface area contributed by atoms with Gasteiger partial charge in [-0.15, -0.1) is 11.8 Å². The van der Waals surface area contributed by atoms with E-state index in [1.807, 2.05) is 0 Å². The molecule has 1 aromatic rings. The van der Waals surface area contributed by atoms with Gasteiger partial charge >= 0.3 is 5.97 Å². The zero-order valence-electron chi connectivity index (χ0n) is 7.25. The summed E-state index contributed by atoms with van der Waals surface area (Å²) in [5.74, 6) is -0.238. The summed E-state index contributed by atoms with van der Waals surface area (Å²) in [6.07, 6.45) is 3.12. The van der Waals surface area contributed by atoms with Gasteiger partial charge in [0.1, 0.15) is 12.4 Å². The largest absolute Gasteiger partial charge is 0.480 e. The van der Waals surface area contributed by atoms with E-state index >= 15 is 0 Å². The Labute approximate surface area is 85.0 Å². The zero-order chi connectivity index (χ0) is 9.97. The van der Waals surface area contributed by atoms with Crippen LogP contribution in [0.3, 0.4) is 0 Å². The molecular weight excluding hydrogens is 202 g/mol. The molecule has 14 heavy (non-hydrogen) atoms. The molecule has 6 heteroatoms. The lowest BCUT2D eigenvalue weighted by Gasteiger charge is -2.08. The molecule has 5 nitrogen and oxygen atoms in total. The molecule has 0 aromatic carbocycles. The van der Waals surface area contributed by atoms with Crippen molar-refractivity contribution in [2.75, 3.05) is 5.75 Å². The maximum absolute atomic E-state index is 10.7. The van der Waals surface area contributed by atoms with Crippen molar-refractivity contribution >= 4 is 17.7 Å². The number of thioether (sulfide) groups is 1. The summed E-state index contributed by atoms with van der Waals surface area (Å²) in [7, 11) is 0. The second-order valence-corrected chi connectivity index (χ2v) is 4.04. The summed E-state index contributed by atoms with van der Waals surface area (Å²) < 4.78 is 0. The van der Waals surface area contributed by atoms with Crippen LogP contribution in [0.15, 0.2) is 18.6 Å². The van der Waals surface area contributed by atoms with Crippen LogP contribution in [0, 0.1) is 0 Å². The molecule has 1 fully saturated rings. The first kappa shape index (κ1) is 9.42. The predicted octanol–water partition coefficient (Wildman–Crippen LogP) is 0.265. The highest BCUT2D eigenvalue weighted by Crippen LogP contribution is 2.31. The lowest BCUT2D eigenvalue weighted by molar-refractivity contribution is -0.138. The van der Waals surface area contributed by atoms with Gasteiger partial charge in [0.05, 0.1) is 11.1 Å². The van der Waals surface area contributed by atoms with E-state index < -0.39 is 12.0 Å². The van der Waals surface area contributed by atoms with Crippen LogP contribution in [0.25, 0.3) is 0 Å². The number of hydrogen-bond acceptors (Lipinski definition) is 5. The van der Waals surface area contributed by atoms with Crippen LogP contribution in [0.2, 0.25) is 0 Å². The van der Waals surface area contributed by atoms with Gasteiger partial charge in [-0.1, -0.05) is 0 Å². The minimum absolute atomic E-state index is 0.0286. The summed E-state index contributed by atoms with van der Waals surface area (Å²) in [5.41, 5.74) is 0.828. The summed E-state index contributed by atoms with van der Waals surface area (Å²) >= 11 is 1.55. The van der Waals surface area contributed by atoms with E-state index in [9.17, 15) is 4.79 Å². The van der Waals surface area contributed by atoms with E-state index in [0.29, 0.717) is 5.75 Å². The molecule has 0 bridgehead atoms. The Hall–Kier alpha value is -1.14. The molecular formula is C8H9N3O2S. The minimum Gasteiger partial charge on any atom is -0.480 e. The van der Waals surface area contributed by atoms with Crippen molar-refractivity contribution in [3.05, 3.63) is 24.3 Å². The highest BCUT2D eigenvalue weighted by atomic mass is 32.2. The van der Waals surface area contributed by atoms with E-state index in [4.69, 9.17) is 5.11 Å². The molecule has 2 rings (SSSR count). The topological polar surface area (TPSA) is 75.1 Å². The molecule has 1 aromatic heterocycles. The molecule has 1 unspecified atom stereocenters. The van der Waals surface area contributed by atoms with Crippen molar-refractivity contribution < 1.29 is 9.90 Å². The Morgan fingerprint density at radius 2 is 2.57 bits per heavy atom. The third-order valence-corrected chi connectivity index (χ3v) is 3.19. The molecule has 0 spiro atoms. The molecule has 1 aliphatic rings. The van der Waals surface area contributed by atoms with Gasteiger partial charge in [-0.05, 0) is 6.07 Å². The number of nitrogens with one attached hydrogen (secondary N) is 1. The van der Waals surface area contributed by atoms with Crippen molar-refractivity contribution in [2.45, 2.75) is 11.4 Å². The van der Waals surface area contributed by atoms with Gasteiger partial charge in [0.15, 0.2) is 0 Å². The van der Waals surface area contributed by atoms with Crippen molar-refractivity contribution in [2.24, 2.45) is 0 Å². The average molecular weight is 211 g/mol. The van der Waals surface area contributed by atoms with Crippen LogP contribution < -0.4 is 5.32 Å². The van der Waals surface area contributed by atoms with Crippen LogP contribution in [0.1, 0.15) is 11.1 Å². The molecule has 1 saturated heterocycles. The minimum atomic E-state index is -0.811. The molecule has 74 valence electrons. The number of aliphatic carboxylic acids is 1. The van der Waals surface area contributed by atoms with Crippen molar-refractivity contribution in [3.8, 4) is 0 Å². The number of carboxylic acid groups (broad SMARTS) is 1. The number of aromatic nitrogens is 2. The Morgan fingerprint density at radius 1 is 1.71 bits per heavy atom. The highest BCUT2D eigenvalue weighted by molar-refractivity contribution is 7.99. The van der Waals surface area contributed by atoms with Gasteiger partial charge in [-0.2, -0.15) is 0 Å². The first-order valence-electron chi connectivity index (χ1n) is 4.14. The smallest absolute Gasteiger partial charge is 0.321 e. The van der Waals surface area contributed by atoms with Gasteiger partial charge < -0.3 is 5.11 Å². The SMILES string of the molecule is O=C(O)[C@H]1CSC(c2ccncn2)N1. The predicted molar refractivity (Wildman–Crippen MR) is 51.8 cm³/mol. The summed E-state index contributed by atoms with van der Waals surface area (Å²) in [6.45, 7) is 0. The van der Waals surface area contributed by atoms with Gasteiger partial charge in [0, 0.05) is 11.9 Å². The van der Waals surface area contributed by atoms with Gasteiger partial charge in [-0.3, -0.25) is 10.1 Å². The maximum atomic E-state index is 10.7. The highest BCUT2D eigenvalue weighted by Gasteiger charge is 2.30. The Bertz CT molecular complexity index is 333. The molecule has 1 aliphatic heterocycles. The Kier molecular flexibility index (Phi) is 2.64. The van der Waals surface area contributed by atoms with E-state index in [1.165, 1.54) is 6.33 Å². The molecule has 2 atom stereocenters. The summed E-state index contributed by atoms with van der Waals surface area (Å²) in [5, 5.41) is 11.7. The first-order valence-corrected chi connectivity index (χ1v) is 5.18. The maximum Gasteiger partial charge on any atom is 0.321 e. The van der Waals surface area contributed by atoms with Gasteiger partial charge in [-0.25, -0.2) is 9.97 Å². The quantitative estimate of drug-likeness (QED) is 0.731. The number of hydrogen-bond donors (Lipinski definition) is 2. The van der Waals surface area contributed by atoms with E-state index in [0.717, 1.165) is 5.69 Å². The lowest BCUT2D eigenvalue weighted by Crippen LogP contribution is -2.33. The lowest BCUT2D eigenvalue weighted by atomic mass is 10.3. The third-order valence-electron chi connectivity index (χ3n) is 1.95. The normalized spacial score (nSPS) is 26.3. The molecule has 0 amide bonds. The second kappa shape index (κ2) is 3.93. The molecule has 0 aliphatic carbocycles. The third kappa shape index (κ3) is 1.85. The molecule has 2 heterocycles. The molecule has 0 saturated carbocycles. The second-order valence-electron chi connectivity index (χ2n) is 2.91. The van der Waals surface area contributed by atoms with E-state index in [1.54, 1.807) is 24.0 Å².